The number of nitrogens with zero attached hydrogens (tertiary/aromatic N) is 4. The average molecular weight is 407 g/mol. The summed E-state index contributed by atoms with van der Waals surface area (Å²) in [5.41, 5.74) is 2.90. The number of aromatic nitrogens is 4. The number of amides is 1. The normalized spacial score (nSPS) is 10.6. The molecular weight excluding hydrogens is 392 g/mol. The van der Waals surface area contributed by atoms with Crippen LogP contribution >= 0.6 is 11.6 Å². The third-order valence-electron chi connectivity index (χ3n) is 4.25. The van der Waals surface area contributed by atoms with Crippen molar-refractivity contribution in [1.82, 2.24) is 25.3 Å². The number of aromatic amines is 1. The van der Waals surface area contributed by atoms with Gasteiger partial charge >= 0.3 is 0 Å². The van der Waals surface area contributed by atoms with Gasteiger partial charge in [0, 0.05) is 24.4 Å². The monoisotopic (exact) mass is 406 g/mol. The molecular formula is C20H15ClN6O2. The molecule has 0 atom stereocenters. The molecule has 1 amide bonds. The largest absolute Gasteiger partial charge is 0.463 e. The number of carbonyl (C=O) groups is 1. The summed E-state index contributed by atoms with van der Waals surface area (Å²) in [5, 5.41) is 23.4. The molecule has 0 aliphatic carbocycles. The van der Waals surface area contributed by atoms with Crippen LogP contribution in [-0.2, 0) is 6.54 Å². The molecule has 4 aromatic rings. The SMILES string of the molecule is N#Cc1ccc(-c2ccn(CCNC(=O)c3cc(-c4ccco4)n[nH]3)n2)cc1Cl. The first-order chi connectivity index (χ1) is 14.1. The zero-order chi connectivity index (χ0) is 20.2. The van der Waals surface area contributed by atoms with Gasteiger partial charge < -0.3 is 9.73 Å². The van der Waals surface area contributed by atoms with Crippen LogP contribution in [0.1, 0.15) is 16.1 Å². The van der Waals surface area contributed by atoms with Gasteiger partial charge in [0.15, 0.2) is 5.76 Å². The Hall–Kier alpha value is -3.83. The summed E-state index contributed by atoms with van der Waals surface area (Å²) in [4.78, 5) is 12.3. The molecule has 3 heterocycles. The van der Waals surface area contributed by atoms with E-state index in [4.69, 9.17) is 21.3 Å². The van der Waals surface area contributed by atoms with Gasteiger partial charge in [-0.05, 0) is 30.3 Å². The molecule has 2 N–H and O–H groups in total. The quantitative estimate of drug-likeness (QED) is 0.509. The molecule has 144 valence electrons. The number of carbonyl (C=O) groups excluding carboxylic acids is 1. The van der Waals surface area contributed by atoms with E-state index in [9.17, 15) is 4.79 Å². The standard InChI is InChI=1S/C20H15ClN6O2/c21-15-10-13(3-4-14(15)12-22)16-5-7-27(26-16)8-6-23-20(28)18-11-17(24-25-18)19-2-1-9-29-19/h1-5,7,9-11H,6,8H2,(H,23,28)(H,24,25). The zero-order valence-corrected chi connectivity index (χ0v) is 15.8. The van der Waals surface area contributed by atoms with Crippen molar-refractivity contribution in [3.05, 3.63) is 71.2 Å². The van der Waals surface area contributed by atoms with Crippen LogP contribution in [0.5, 0.6) is 0 Å². The summed E-state index contributed by atoms with van der Waals surface area (Å²) in [5.74, 6) is 0.328. The highest BCUT2D eigenvalue weighted by Crippen LogP contribution is 2.24. The number of H-pyrrole nitrogens is 1. The van der Waals surface area contributed by atoms with Gasteiger partial charge in [-0.2, -0.15) is 15.5 Å². The second-order valence-electron chi connectivity index (χ2n) is 6.17. The lowest BCUT2D eigenvalue weighted by Gasteiger charge is -2.04. The fraction of sp³-hybridized carbons (Fsp3) is 0.100. The van der Waals surface area contributed by atoms with E-state index >= 15 is 0 Å². The van der Waals surface area contributed by atoms with Crippen molar-refractivity contribution in [3.8, 4) is 28.8 Å². The molecule has 0 aliphatic heterocycles. The van der Waals surface area contributed by atoms with Crippen LogP contribution < -0.4 is 5.32 Å². The molecule has 1 aromatic carbocycles. The van der Waals surface area contributed by atoms with Crippen LogP contribution in [0.3, 0.4) is 0 Å². The predicted octanol–water partition coefficient (Wildman–Crippen LogP) is 3.49. The van der Waals surface area contributed by atoms with Crippen molar-refractivity contribution in [2.45, 2.75) is 6.54 Å². The molecule has 9 heteroatoms. The fourth-order valence-corrected chi connectivity index (χ4v) is 3.00. The minimum Gasteiger partial charge on any atom is -0.463 e. The van der Waals surface area contributed by atoms with Crippen molar-refractivity contribution in [2.24, 2.45) is 0 Å². The molecule has 0 aliphatic rings. The summed E-state index contributed by atoms with van der Waals surface area (Å²) >= 11 is 6.08. The first-order valence-electron chi connectivity index (χ1n) is 8.75. The fourth-order valence-electron chi connectivity index (χ4n) is 2.77. The maximum Gasteiger partial charge on any atom is 0.269 e. The van der Waals surface area contributed by atoms with Crippen LogP contribution in [0.15, 0.2) is 59.3 Å². The Morgan fingerprint density at radius 3 is 2.93 bits per heavy atom. The van der Waals surface area contributed by atoms with E-state index in [1.807, 2.05) is 18.3 Å². The van der Waals surface area contributed by atoms with Gasteiger partial charge in [-0.25, -0.2) is 0 Å². The highest BCUT2D eigenvalue weighted by Gasteiger charge is 2.12. The van der Waals surface area contributed by atoms with Gasteiger partial charge in [-0.3, -0.25) is 14.6 Å². The number of nitriles is 1. The van der Waals surface area contributed by atoms with Crippen LogP contribution in [-0.4, -0.2) is 32.4 Å². The van der Waals surface area contributed by atoms with E-state index in [-0.39, 0.29) is 5.91 Å². The molecule has 0 saturated heterocycles. The second kappa shape index (κ2) is 8.04. The molecule has 29 heavy (non-hydrogen) atoms. The number of halogens is 1. The second-order valence-corrected chi connectivity index (χ2v) is 6.58. The highest BCUT2D eigenvalue weighted by atomic mass is 35.5. The van der Waals surface area contributed by atoms with E-state index in [0.717, 1.165) is 11.3 Å². The molecule has 0 radical (unpaired) electrons. The lowest BCUT2D eigenvalue weighted by Crippen LogP contribution is -2.27. The van der Waals surface area contributed by atoms with Gasteiger partial charge in [0.25, 0.3) is 5.91 Å². The van der Waals surface area contributed by atoms with Gasteiger partial charge in [0.05, 0.1) is 29.1 Å². The van der Waals surface area contributed by atoms with Gasteiger partial charge in [0.2, 0.25) is 0 Å². The Labute approximate surface area is 170 Å². The highest BCUT2D eigenvalue weighted by molar-refractivity contribution is 6.32. The third kappa shape index (κ3) is 4.05. The van der Waals surface area contributed by atoms with Crippen molar-refractivity contribution < 1.29 is 9.21 Å². The number of hydrogen-bond donors (Lipinski definition) is 2. The molecule has 0 fully saturated rings. The Bertz CT molecular complexity index is 1190. The summed E-state index contributed by atoms with van der Waals surface area (Å²) in [6, 6.07) is 14.2. The molecule has 0 unspecified atom stereocenters. The number of furan rings is 1. The Morgan fingerprint density at radius 2 is 2.17 bits per heavy atom. The summed E-state index contributed by atoms with van der Waals surface area (Å²) in [6.07, 6.45) is 3.37. The van der Waals surface area contributed by atoms with Crippen LogP contribution in [0.4, 0.5) is 0 Å². The Kier molecular flexibility index (Phi) is 5.14. The van der Waals surface area contributed by atoms with Gasteiger partial charge in [0.1, 0.15) is 17.5 Å². The van der Waals surface area contributed by atoms with Crippen LogP contribution in [0.2, 0.25) is 5.02 Å². The number of benzene rings is 1. The third-order valence-corrected chi connectivity index (χ3v) is 4.56. The smallest absolute Gasteiger partial charge is 0.269 e. The zero-order valence-electron chi connectivity index (χ0n) is 15.1. The van der Waals surface area contributed by atoms with Gasteiger partial charge in [-0.1, -0.05) is 17.7 Å². The van der Waals surface area contributed by atoms with E-state index in [0.29, 0.717) is 40.8 Å². The van der Waals surface area contributed by atoms with Crippen molar-refractivity contribution in [1.29, 1.82) is 5.26 Å². The molecule has 8 nitrogen and oxygen atoms in total. The summed E-state index contributed by atoms with van der Waals surface area (Å²) in [6.45, 7) is 0.887. The van der Waals surface area contributed by atoms with E-state index in [2.05, 4.69) is 20.6 Å². The van der Waals surface area contributed by atoms with Crippen LogP contribution in [0.25, 0.3) is 22.7 Å². The lowest BCUT2D eigenvalue weighted by molar-refractivity contribution is 0.0947. The number of hydrogen-bond acceptors (Lipinski definition) is 5. The molecule has 4 rings (SSSR count). The summed E-state index contributed by atoms with van der Waals surface area (Å²) in [7, 11) is 0. The minimum atomic E-state index is -0.262. The molecule has 3 aromatic heterocycles. The lowest BCUT2D eigenvalue weighted by atomic mass is 10.1. The molecule has 0 spiro atoms. The number of nitrogens with one attached hydrogen (secondary N) is 2. The summed E-state index contributed by atoms with van der Waals surface area (Å²) < 4.78 is 6.99. The maximum absolute atomic E-state index is 12.3. The first-order valence-corrected chi connectivity index (χ1v) is 9.13. The minimum absolute atomic E-state index is 0.262. The van der Waals surface area contributed by atoms with Crippen molar-refractivity contribution >= 4 is 17.5 Å². The Morgan fingerprint density at radius 1 is 1.28 bits per heavy atom. The van der Waals surface area contributed by atoms with E-state index < -0.39 is 0 Å². The average Bonchev–Trinajstić information content (AvgIpc) is 3.48. The van der Waals surface area contributed by atoms with E-state index in [1.54, 1.807) is 47.3 Å². The first kappa shape index (κ1) is 18.5. The topological polar surface area (TPSA) is 113 Å². The molecule has 0 saturated carbocycles. The van der Waals surface area contributed by atoms with Crippen molar-refractivity contribution in [2.75, 3.05) is 6.54 Å². The Balaban J connectivity index is 1.34. The van der Waals surface area contributed by atoms with E-state index in [1.165, 1.54) is 0 Å². The molecule has 0 bridgehead atoms. The maximum atomic E-state index is 12.3. The number of rotatable bonds is 6. The van der Waals surface area contributed by atoms with Gasteiger partial charge in [-0.15, -0.1) is 0 Å². The van der Waals surface area contributed by atoms with Crippen molar-refractivity contribution in [3.63, 3.8) is 0 Å². The predicted molar refractivity (Wildman–Crippen MR) is 106 cm³/mol. The van der Waals surface area contributed by atoms with Crippen LogP contribution in [0, 0.1) is 11.3 Å².